The summed E-state index contributed by atoms with van der Waals surface area (Å²) < 4.78 is 16.7. The third-order valence-electron chi connectivity index (χ3n) is 13.2. The first-order valence-corrected chi connectivity index (χ1v) is 23.1. The highest BCUT2D eigenvalue weighted by Crippen LogP contribution is 2.36. The van der Waals surface area contributed by atoms with E-state index in [1.54, 1.807) is 7.11 Å². The Labute approximate surface area is 366 Å². The summed E-state index contributed by atoms with van der Waals surface area (Å²) in [6.07, 6.45) is 38.0. The number of methoxy groups -OCH3 is 2. The van der Waals surface area contributed by atoms with Crippen LogP contribution in [0.5, 0.6) is 0 Å². The normalized spacial score (nSPS) is 29.9. The van der Waals surface area contributed by atoms with Crippen molar-refractivity contribution in [1.82, 2.24) is 0 Å². The van der Waals surface area contributed by atoms with E-state index in [2.05, 4.69) is 70.6 Å². The van der Waals surface area contributed by atoms with Crippen LogP contribution in [-0.4, -0.2) is 60.8 Å². The molecule has 0 bridgehead atoms. The zero-order valence-electron chi connectivity index (χ0n) is 39.5. The molecule has 1 heterocycles. The van der Waals surface area contributed by atoms with Gasteiger partial charge in [0.1, 0.15) is 6.10 Å². The standard InChI is InChI=1S/C53H86O7/c1-39(28-22-17-15-13-12-14-16-18-24-30-48(54)36-40(2)34-35-52(56)59-11)37-50(55)47(9)51-33-27-21-26-32-49(58-10)31-25-20-19-23-29-41(3)43(5)45(7)46(8)44(6)42(4)38-53(57)60-51/h12-20,22-25,28,37,40-51,54-55H,21,26-27,29-36,38H2,1-11H3/b13-12+,16-14+,17-15+,23-19+,24-18+,25-20-,28-22+,39-37+. The molecule has 0 radical (unpaired) electrons. The van der Waals surface area contributed by atoms with Gasteiger partial charge >= 0.3 is 11.9 Å². The second kappa shape index (κ2) is 32.5. The van der Waals surface area contributed by atoms with Crippen LogP contribution < -0.4 is 0 Å². The SMILES string of the molecule is COC(=O)CCC(C)CC(O)C/C=C/C=C/C=C/C=C/C=C/C(C)=C/C(O)C(C)C1CCCCCC(OC)C/C=C\C=C\CC(C)C(C)C(C)C(C)C(C)C(C)CC(=O)O1. The van der Waals surface area contributed by atoms with Crippen LogP contribution in [0.2, 0.25) is 0 Å². The van der Waals surface area contributed by atoms with Gasteiger partial charge in [0, 0.05) is 25.9 Å². The van der Waals surface area contributed by atoms with E-state index in [0.717, 1.165) is 44.1 Å². The first-order chi connectivity index (χ1) is 28.6. The van der Waals surface area contributed by atoms with Crippen LogP contribution in [0.3, 0.4) is 0 Å². The van der Waals surface area contributed by atoms with Crippen molar-refractivity contribution in [3.05, 3.63) is 96.7 Å². The van der Waals surface area contributed by atoms with Crippen molar-refractivity contribution in [1.29, 1.82) is 0 Å². The molecule has 0 aliphatic carbocycles. The number of aliphatic hydroxyl groups is 2. The molecule has 0 aromatic rings. The summed E-state index contributed by atoms with van der Waals surface area (Å²) in [7, 11) is 3.19. The molecule has 12 atom stereocenters. The van der Waals surface area contributed by atoms with E-state index in [4.69, 9.17) is 9.47 Å². The van der Waals surface area contributed by atoms with Crippen molar-refractivity contribution >= 4 is 11.9 Å². The first-order valence-electron chi connectivity index (χ1n) is 23.1. The van der Waals surface area contributed by atoms with Crippen LogP contribution >= 0.6 is 0 Å². The summed E-state index contributed by atoms with van der Waals surface area (Å²) >= 11 is 0. The van der Waals surface area contributed by atoms with Gasteiger partial charge in [-0.1, -0.05) is 165 Å². The van der Waals surface area contributed by atoms with Gasteiger partial charge in [-0.3, -0.25) is 9.59 Å². The lowest BCUT2D eigenvalue weighted by Crippen LogP contribution is -2.34. The molecule has 340 valence electrons. The van der Waals surface area contributed by atoms with E-state index in [1.165, 1.54) is 7.11 Å². The molecule has 0 aromatic carbocycles. The number of hydrogen-bond acceptors (Lipinski definition) is 7. The number of hydrogen-bond donors (Lipinski definition) is 2. The summed E-state index contributed by atoms with van der Waals surface area (Å²) in [4.78, 5) is 24.9. The Hall–Kier alpha value is -3.26. The summed E-state index contributed by atoms with van der Waals surface area (Å²) in [6.45, 7) is 19.9. The quantitative estimate of drug-likeness (QED) is 0.118. The molecule has 1 rings (SSSR count). The van der Waals surface area contributed by atoms with Gasteiger partial charge in [0.05, 0.1) is 25.4 Å². The van der Waals surface area contributed by atoms with Crippen molar-refractivity contribution < 1.29 is 34.0 Å². The molecule has 0 aromatic heterocycles. The molecule has 60 heavy (non-hydrogen) atoms. The van der Waals surface area contributed by atoms with Crippen LogP contribution in [-0.2, 0) is 23.8 Å². The molecule has 1 aliphatic rings. The average Bonchev–Trinajstić information content (AvgIpc) is 3.22. The third-order valence-corrected chi connectivity index (χ3v) is 13.2. The van der Waals surface area contributed by atoms with E-state index in [-0.39, 0.29) is 41.9 Å². The van der Waals surface area contributed by atoms with Gasteiger partial charge in [0.2, 0.25) is 0 Å². The predicted molar refractivity (Wildman–Crippen MR) is 251 cm³/mol. The Bertz CT molecular complexity index is 1420. The van der Waals surface area contributed by atoms with Gasteiger partial charge in [-0.25, -0.2) is 0 Å². The Morgan fingerprint density at radius 1 is 0.800 bits per heavy atom. The number of rotatable bonds is 16. The molecule has 7 nitrogen and oxygen atoms in total. The van der Waals surface area contributed by atoms with Crippen LogP contribution in [0.15, 0.2) is 96.7 Å². The lowest BCUT2D eigenvalue weighted by Gasteiger charge is -2.36. The number of cyclic esters (lactones) is 1. The Morgan fingerprint density at radius 2 is 1.38 bits per heavy atom. The lowest BCUT2D eigenvalue weighted by atomic mass is 9.70. The lowest BCUT2D eigenvalue weighted by molar-refractivity contribution is -0.155. The average molecular weight is 835 g/mol. The van der Waals surface area contributed by atoms with Crippen molar-refractivity contribution in [3.8, 4) is 0 Å². The Kier molecular flexibility index (Phi) is 29.6. The van der Waals surface area contributed by atoms with E-state index >= 15 is 0 Å². The monoisotopic (exact) mass is 835 g/mol. The van der Waals surface area contributed by atoms with Crippen LogP contribution in [0.4, 0.5) is 0 Å². The highest BCUT2D eigenvalue weighted by Gasteiger charge is 2.32. The minimum absolute atomic E-state index is 0.170. The van der Waals surface area contributed by atoms with Crippen LogP contribution in [0.1, 0.15) is 139 Å². The van der Waals surface area contributed by atoms with Gasteiger partial charge in [-0.05, 0) is 99.7 Å². The molecule has 0 fully saturated rings. The van der Waals surface area contributed by atoms with Gasteiger partial charge in [0.25, 0.3) is 0 Å². The largest absolute Gasteiger partial charge is 0.469 e. The van der Waals surface area contributed by atoms with Crippen molar-refractivity contribution in [2.45, 2.75) is 164 Å². The van der Waals surface area contributed by atoms with Crippen LogP contribution in [0.25, 0.3) is 0 Å². The highest BCUT2D eigenvalue weighted by molar-refractivity contribution is 5.70. The summed E-state index contributed by atoms with van der Waals surface area (Å²) in [5.74, 6) is 2.27. The Morgan fingerprint density at radius 3 is 2.02 bits per heavy atom. The molecular formula is C53H86O7. The number of carbonyl (C=O) groups is 2. The molecule has 0 spiro atoms. The summed E-state index contributed by atoms with van der Waals surface area (Å²) in [5.41, 5.74) is 0.932. The summed E-state index contributed by atoms with van der Waals surface area (Å²) in [5, 5.41) is 21.6. The maximum atomic E-state index is 13.5. The fraction of sp³-hybridized carbons (Fsp3) is 0.660. The van der Waals surface area contributed by atoms with Crippen molar-refractivity contribution in [2.24, 2.45) is 47.3 Å². The van der Waals surface area contributed by atoms with Crippen molar-refractivity contribution in [2.75, 3.05) is 14.2 Å². The Balaban J connectivity index is 2.87. The fourth-order valence-electron chi connectivity index (χ4n) is 7.96. The minimum atomic E-state index is -0.761. The van der Waals surface area contributed by atoms with Gasteiger partial charge in [-0.15, -0.1) is 0 Å². The smallest absolute Gasteiger partial charge is 0.306 e. The topological polar surface area (TPSA) is 102 Å². The second-order valence-electron chi connectivity index (χ2n) is 18.0. The van der Waals surface area contributed by atoms with E-state index in [0.29, 0.717) is 68.1 Å². The maximum absolute atomic E-state index is 13.5. The molecule has 12 unspecified atom stereocenters. The van der Waals surface area contributed by atoms with Crippen molar-refractivity contribution in [3.63, 3.8) is 0 Å². The molecular weight excluding hydrogens is 749 g/mol. The molecule has 7 heteroatoms. The number of allylic oxidation sites excluding steroid dienone is 13. The van der Waals surface area contributed by atoms with Gasteiger partial charge < -0.3 is 24.4 Å². The van der Waals surface area contributed by atoms with Crippen LogP contribution in [0, 0.1) is 47.3 Å². The number of carbonyl (C=O) groups excluding carboxylic acids is 2. The molecule has 0 saturated carbocycles. The molecule has 0 saturated heterocycles. The molecule has 0 amide bonds. The first kappa shape index (κ1) is 54.8. The summed E-state index contributed by atoms with van der Waals surface area (Å²) in [6, 6.07) is 0. The maximum Gasteiger partial charge on any atom is 0.306 e. The molecule has 1 aliphatic heterocycles. The third kappa shape index (κ3) is 24.3. The minimum Gasteiger partial charge on any atom is -0.469 e. The van der Waals surface area contributed by atoms with Gasteiger partial charge in [-0.2, -0.15) is 0 Å². The molecule has 2 N–H and O–H groups in total. The number of ether oxygens (including phenoxy) is 3. The zero-order valence-corrected chi connectivity index (χ0v) is 39.5. The zero-order chi connectivity index (χ0) is 44.9. The van der Waals surface area contributed by atoms with E-state index in [1.807, 2.05) is 87.6 Å². The number of esters is 2. The second-order valence-corrected chi connectivity index (χ2v) is 18.0. The highest BCUT2D eigenvalue weighted by atomic mass is 16.5. The predicted octanol–water partition coefficient (Wildman–Crippen LogP) is 12.4. The van der Waals surface area contributed by atoms with E-state index in [9.17, 15) is 19.8 Å². The number of aliphatic hydroxyl groups excluding tert-OH is 2. The fourth-order valence-corrected chi connectivity index (χ4v) is 7.96. The van der Waals surface area contributed by atoms with Gasteiger partial charge in [0.15, 0.2) is 0 Å². The van der Waals surface area contributed by atoms with E-state index < -0.39 is 12.2 Å².